The first-order valence-electron chi connectivity index (χ1n) is 5.62. The molecule has 0 aliphatic rings. The molecular weight excluding hydrogens is 278 g/mol. The molecule has 1 aromatic carbocycles. The molecule has 0 N–H and O–H groups in total. The Kier molecular flexibility index (Phi) is 3.62. The minimum absolute atomic E-state index is 0.105. The van der Waals surface area contributed by atoms with Crippen LogP contribution in [0, 0.1) is 5.82 Å². The van der Waals surface area contributed by atoms with Crippen LogP contribution in [-0.2, 0) is 6.18 Å². The van der Waals surface area contributed by atoms with E-state index in [1.54, 1.807) is 6.20 Å². The number of hydrogen-bond acceptors (Lipinski definition) is 2. The number of aromatic nitrogens is 1. The number of rotatable bonds is 2. The normalized spacial score (nSPS) is 12.2. The summed E-state index contributed by atoms with van der Waals surface area (Å²) in [4.78, 5) is 4.91. The number of thiazole rings is 1. The maximum atomic E-state index is 13.9. The first-order chi connectivity index (χ1) is 8.80. The topological polar surface area (TPSA) is 12.9 Å². The Morgan fingerprint density at radius 3 is 2.42 bits per heavy atom. The van der Waals surface area contributed by atoms with Gasteiger partial charge in [0.1, 0.15) is 10.8 Å². The van der Waals surface area contributed by atoms with Crippen molar-refractivity contribution in [2.75, 3.05) is 0 Å². The maximum Gasteiger partial charge on any atom is 0.419 e. The molecule has 1 heterocycles. The summed E-state index contributed by atoms with van der Waals surface area (Å²) in [6.45, 7) is 3.89. The lowest BCUT2D eigenvalue weighted by Gasteiger charge is -2.09. The van der Waals surface area contributed by atoms with Crippen molar-refractivity contribution in [3.05, 3.63) is 40.7 Å². The van der Waals surface area contributed by atoms with Crippen molar-refractivity contribution in [1.82, 2.24) is 4.98 Å². The van der Waals surface area contributed by atoms with E-state index >= 15 is 0 Å². The van der Waals surface area contributed by atoms with Crippen molar-refractivity contribution >= 4 is 11.3 Å². The Balaban J connectivity index is 2.51. The van der Waals surface area contributed by atoms with Gasteiger partial charge in [-0.1, -0.05) is 19.9 Å². The van der Waals surface area contributed by atoms with Gasteiger partial charge in [0.15, 0.2) is 0 Å². The summed E-state index contributed by atoms with van der Waals surface area (Å²) in [6, 6.07) is 3.24. The fraction of sp³-hybridized carbons (Fsp3) is 0.308. The van der Waals surface area contributed by atoms with Crippen LogP contribution in [0.15, 0.2) is 24.4 Å². The van der Waals surface area contributed by atoms with E-state index in [4.69, 9.17) is 0 Å². The molecule has 0 aliphatic heterocycles. The molecule has 0 saturated carbocycles. The number of hydrogen-bond donors (Lipinski definition) is 0. The Bertz CT molecular complexity index is 587. The zero-order chi connectivity index (χ0) is 14.2. The van der Waals surface area contributed by atoms with Crippen molar-refractivity contribution in [3.8, 4) is 10.6 Å². The lowest BCUT2D eigenvalue weighted by Crippen LogP contribution is -2.08. The van der Waals surface area contributed by atoms with Crippen LogP contribution in [-0.4, -0.2) is 4.98 Å². The zero-order valence-corrected chi connectivity index (χ0v) is 11.1. The molecule has 0 radical (unpaired) electrons. The molecule has 0 spiro atoms. The van der Waals surface area contributed by atoms with Gasteiger partial charge in [-0.2, -0.15) is 13.2 Å². The lowest BCUT2D eigenvalue weighted by molar-refractivity contribution is -0.139. The summed E-state index contributed by atoms with van der Waals surface area (Å²) >= 11 is 1.21. The van der Waals surface area contributed by atoms with Gasteiger partial charge in [-0.25, -0.2) is 9.37 Å². The minimum Gasteiger partial charge on any atom is -0.244 e. The van der Waals surface area contributed by atoms with Gasteiger partial charge in [0.05, 0.1) is 5.56 Å². The van der Waals surface area contributed by atoms with Crippen LogP contribution in [0.2, 0.25) is 0 Å². The molecule has 19 heavy (non-hydrogen) atoms. The third-order valence-electron chi connectivity index (χ3n) is 2.63. The largest absolute Gasteiger partial charge is 0.419 e. The fourth-order valence-electron chi connectivity index (χ4n) is 1.59. The van der Waals surface area contributed by atoms with Crippen LogP contribution < -0.4 is 0 Å². The van der Waals surface area contributed by atoms with Gasteiger partial charge in [0.25, 0.3) is 0 Å². The van der Waals surface area contributed by atoms with E-state index < -0.39 is 17.6 Å². The van der Waals surface area contributed by atoms with Gasteiger partial charge in [0, 0.05) is 16.6 Å². The summed E-state index contributed by atoms with van der Waals surface area (Å²) in [5, 5.41) is 0.271. The molecule has 0 fully saturated rings. The maximum absolute atomic E-state index is 13.9. The van der Waals surface area contributed by atoms with Crippen molar-refractivity contribution in [2.24, 2.45) is 0 Å². The van der Waals surface area contributed by atoms with Crippen LogP contribution in [0.5, 0.6) is 0 Å². The highest BCUT2D eigenvalue weighted by Gasteiger charge is 2.35. The predicted octanol–water partition coefficient (Wildman–Crippen LogP) is 5.09. The van der Waals surface area contributed by atoms with E-state index in [2.05, 4.69) is 4.98 Å². The van der Waals surface area contributed by atoms with E-state index in [1.165, 1.54) is 23.5 Å². The summed E-state index contributed by atoms with van der Waals surface area (Å²) in [5.74, 6) is -1.06. The molecule has 102 valence electrons. The molecule has 1 nitrogen and oxygen atoms in total. The molecule has 0 atom stereocenters. The van der Waals surface area contributed by atoms with Crippen LogP contribution in [0.3, 0.4) is 0 Å². The Morgan fingerprint density at radius 2 is 1.89 bits per heavy atom. The van der Waals surface area contributed by atoms with Gasteiger partial charge in [-0.3, -0.25) is 0 Å². The van der Waals surface area contributed by atoms with Gasteiger partial charge in [0.2, 0.25) is 0 Å². The summed E-state index contributed by atoms with van der Waals surface area (Å²) < 4.78 is 51.8. The van der Waals surface area contributed by atoms with Crippen LogP contribution >= 0.6 is 11.3 Å². The lowest BCUT2D eigenvalue weighted by atomic mass is 10.1. The third kappa shape index (κ3) is 2.78. The van der Waals surface area contributed by atoms with Gasteiger partial charge < -0.3 is 0 Å². The molecule has 0 bridgehead atoms. The molecule has 2 aromatic rings. The molecule has 0 unspecified atom stereocenters. The molecule has 0 amide bonds. The molecule has 0 aliphatic carbocycles. The SMILES string of the molecule is CC(C)c1cnc(-c2cccc(C(F)(F)F)c2F)s1. The summed E-state index contributed by atoms with van der Waals surface area (Å²) in [6.07, 6.45) is -3.12. The zero-order valence-electron chi connectivity index (χ0n) is 10.3. The van der Waals surface area contributed by atoms with Crippen molar-refractivity contribution < 1.29 is 17.6 Å². The van der Waals surface area contributed by atoms with E-state index in [9.17, 15) is 17.6 Å². The van der Waals surface area contributed by atoms with E-state index in [0.29, 0.717) is 0 Å². The van der Waals surface area contributed by atoms with Crippen LogP contribution in [0.1, 0.15) is 30.2 Å². The molecule has 6 heteroatoms. The number of nitrogens with zero attached hydrogens (tertiary/aromatic N) is 1. The fourth-order valence-corrected chi connectivity index (χ4v) is 2.53. The molecule has 1 aromatic heterocycles. The van der Waals surface area contributed by atoms with Gasteiger partial charge in [-0.05, 0) is 18.1 Å². The van der Waals surface area contributed by atoms with Crippen molar-refractivity contribution in [3.63, 3.8) is 0 Å². The average Bonchev–Trinajstić information content (AvgIpc) is 2.77. The highest BCUT2D eigenvalue weighted by atomic mass is 32.1. The second-order valence-corrected chi connectivity index (χ2v) is 5.45. The Morgan fingerprint density at radius 1 is 1.21 bits per heavy atom. The highest BCUT2D eigenvalue weighted by molar-refractivity contribution is 7.15. The standard InChI is InChI=1S/C13H11F4NS/c1-7(2)10-6-18-12(19-10)8-4-3-5-9(11(8)14)13(15,16)17/h3-7H,1-2H3. The van der Waals surface area contributed by atoms with Crippen molar-refractivity contribution in [2.45, 2.75) is 25.9 Å². The summed E-state index contributed by atoms with van der Waals surface area (Å²) in [7, 11) is 0. The predicted molar refractivity (Wildman–Crippen MR) is 66.6 cm³/mol. The monoisotopic (exact) mass is 289 g/mol. The van der Waals surface area contributed by atoms with Gasteiger partial charge >= 0.3 is 6.18 Å². The third-order valence-corrected chi connectivity index (χ3v) is 3.96. The molecule has 2 rings (SSSR count). The van der Waals surface area contributed by atoms with Crippen molar-refractivity contribution in [1.29, 1.82) is 0 Å². The van der Waals surface area contributed by atoms with E-state index in [0.717, 1.165) is 10.9 Å². The van der Waals surface area contributed by atoms with Crippen LogP contribution in [0.4, 0.5) is 17.6 Å². The van der Waals surface area contributed by atoms with Crippen LogP contribution in [0.25, 0.3) is 10.6 Å². The quantitative estimate of drug-likeness (QED) is 0.702. The van der Waals surface area contributed by atoms with E-state index in [1.807, 2.05) is 13.8 Å². The number of benzene rings is 1. The first-order valence-corrected chi connectivity index (χ1v) is 6.44. The Labute approximate surface area is 111 Å². The second-order valence-electron chi connectivity index (χ2n) is 4.39. The molecule has 0 saturated heterocycles. The highest BCUT2D eigenvalue weighted by Crippen LogP contribution is 2.37. The first kappa shape index (κ1) is 14.0. The Hall–Kier alpha value is -1.43. The van der Waals surface area contributed by atoms with E-state index in [-0.39, 0.29) is 16.5 Å². The number of alkyl halides is 3. The number of halogens is 4. The summed E-state index contributed by atoms with van der Waals surface area (Å²) in [5.41, 5.74) is -1.36. The molecular formula is C13H11F4NS. The minimum atomic E-state index is -4.70. The van der Waals surface area contributed by atoms with Gasteiger partial charge in [-0.15, -0.1) is 11.3 Å². The smallest absolute Gasteiger partial charge is 0.244 e. The second kappa shape index (κ2) is 4.92. The average molecular weight is 289 g/mol.